The van der Waals surface area contributed by atoms with Gasteiger partial charge in [0.05, 0.1) is 4.90 Å². The summed E-state index contributed by atoms with van der Waals surface area (Å²) in [5, 5.41) is 8.77. The molecule has 0 amide bonds. The number of nitrogen functional groups attached to an aromatic ring is 1. The number of benzene rings is 2. The van der Waals surface area contributed by atoms with Gasteiger partial charge in [-0.2, -0.15) is 0 Å². The van der Waals surface area contributed by atoms with E-state index in [0.29, 0.717) is 16.4 Å². The number of sulfonamides is 1. The van der Waals surface area contributed by atoms with Crippen LogP contribution in [0.3, 0.4) is 0 Å². The van der Waals surface area contributed by atoms with Crippen molar-refractivity contribution in [3.63, 3.8) is 0 Å². The maximum atomic E-state index is 11.4. The normalized spacial score (nSPS) is 11.3. The van der Waals surface area contributed by atoms with Crippen LogP contribution in [0.25, 0.3) is 0 Å². The van der Waals surface area contributed by atoms with E-state index >= 15 is 0 Å². The van der Waals surface area contributed by atoms with Crippen LogP contribution in [0.2, 0.25) is 5.02 Å². The van der Waals surface area contributed by atoms with Gasteiger partial charge in [-0.3, -0.25) is 0 Å². The summed E-state index contributed by atoms with van der Waals surface area (Å²) in [4.78, 5) is -0.0420. The number of halogens is 1. The molecule has 2 rings (SSSR count). The quantitative estimate of drug-likeness (QED) is 0.759. The third-order valence-corrected chi connectivity index (χ3v) is 3.86. The first-order valence-electron chi connectivity index (χ1n) is 5.72. The number of rotatable bonds is 3. The molecule has 106 valence electrons. The van der Waals surface area contributed by atoms with Crippen LogP contribution in [0.1, 0.15) is 5.56 Å². The van der Waals surface area contributed by atoms with Crippen LogP contribution in [0.4, 0.5) is 17.1 Å². The number of hydrogen-bond acceptors (Lipinski definition) is 4. The number of aryl methyl sites for hydroxylation is 1. The molecule has 0 spiro atoms. The lowest BCUT2D eigenvalue weighted by atomic mass is 10.2. The van der Waals surface area contributed by atoms with Crippen molar-refractivity contribution in [2.24, 2.45) is 5.14 Å². The van der Waals surface area contributed by atoms with Gasteiger partial charge in [-0.25, -0.2) is 13.6 Å². The lowest BCUT2D eigenvalue weighted by Crippen LogP contribution is -2.12. The summed E-state index contributed by atoms with van der Waals surface area (Å²) < 4.78 is 22.8. The smallest absolute Gasteiger partial charge is 0.238 e. The van der Waals surface area contributed by atoms with Crippen LogP contribution in [-0.4, -0.2) is 8.42 Å². The average molecular weight is 312 g/mol. The molecule has 0 saturated heterocycles. The van der Waals surface area contributed by atoms with Crippen molar-refractivity contribution >= 4 is 38.7 Å². The van der Waals surface area contributed by atoms with Crippen molar-refractivity contribution in [3.8, 4) is 0 Å². The summed E-state index contributed by atoms with van der Waals surface area (Å²) in [6.07, 6.45) is 0. The topological polar surface area (TPSA) is 98.2 Å². The Morgan fingerprint density at radius 3 is 2.50 bits per heavy atom. The Bertz CT molecular complexity index is 760. The highest BCUT2D eigenvalue weighted by molar-refractivity contribution is 7.89. The van der Waals surface area contributed by atoms with E-state index in [0.717, 1.165) is 11.3 Å². The van der Waals surface area contributed by atoms with Crippen molar-refractivity contribution < 1.29 is 8.42 Å². The Labute approximate surface area is 122 Å². The van der Waals surface area contributed by atoms with Crippen molar-refractivity contribution in [3.05, 3.63) is 47.0 Å². The molecular formula is C13H14ClN3O2S. The fraction of sp³-hybridized carbons (Fsp3) is 0.0769. The molecule has 0 atom stereocenters. The predicted octanol–water partition coefficient (Wildman–Crippen LogP) is 2.62. The van der Waals surface area contributed by atoms with Crippen molar-refractivity contribution in [1.29, 1.82) is 0 Å². The highest BCUT2D eigenvalue weighted by Crippen LogP contribution is 2.27. The van der Waals surface area contributed by atoms with E-state index < -0.39 is 10.0 Å². The van der Waals surface area contributed by atoms with Crippen LogP contribution in [-0.2, 0) is 10.0 Å². The van der Waals surface area contributed by atoms with Gasteiger partial charge in [0.15, 0.2) is 0 Å². The molecule has 0 fully saturated rings. The molecule has 0 radical (unpaired) electrons. The maximum Gasteiger partial charge on any atom is 0.238 e. The van der Waals surface area contributed by atoms with Gasteiger partial charge < -0.3 is 11.1 Å². The monoisotopic (exact) mass is 311 g/mol. The molecule has 7 heteroatoms. The standard InChI is InChI=1S/C13H14ClN3O2S/c1-8-2-3-9(14)4-13(8)17-11-5-10(15)6-12(7-11)20(16,18)19/h2-7,17H,15H2,1H3,(H2,16,18,19). The lowest BCUT2D eigenvalue weighted by molar-refractivity contribution is 0.598. The summed E-state index contributed by atoms with van der Waals surface area (Å²) in [6.45, 7) is 1.91. The van der Waals surface area contributed by atoms with Gasteiger partial charge in [0.2, 0.25) is 10.0 Å². The van der Waals surface area contributed by atoms with Crippen LogP contribution in [0.5, 0.6) is 0 Å². The largest absolute Gasteiger partial charge is 0.399 e. The molecule has 0 bridgehead atoms. The van der Waals surface area contributed by atoms with Gasteiger partial charge in [-0.05, 0) is 42.8 Å². The highest BCUT2D eigenvalue weighted by atomic mass is 35.5. The minimum atomic E-state index is -3.80. The second kappa shape index (κ2) is 5.32. The zero-order valence-corrected chi connectivity index (χ0v) is 12.3. The number of nitrogens with two attached hydrogens (primary N) is 2. The van der Waals surface area contributed by atoms with E-state index in [1.165, 1.54) is 12.1 Å². The molecule has 0 aromatic heterocycles. The van der Waals surface area contributed by atoms with Crippen LogP contribution >= 0.6 is 11.6 Å². The third-order valence-electron chi connectivity index (χ3n) is 2.74. The van der Waals surface area contributed by atoms with E-state index in [-0.39, 0.29) is 4.90 Å². The number of anilines is 3. The van der Waals surface area contributed by atoms with Gasteiger partial charge in [-0.1, -0.05) is 17.7 Å². The van der Waals surface area contributed by atoms with Gasteiger partial charge in [-0.15, -0.1) is 0 Å². The van der Waals surface area contributed by atoms with Gasteiger partial charge in [0.1, 0.15) is 0 Å². The predicted molar refractivity (Wildman–Crippen MR) is 81.7 cm³/mol. The first-order chi connectivity index (χ1) is 9.25. The zero-order valence-electron chi connectivity index (χ0n) is 10.7. The lowest BCUT2D eigenvalue weighted by Gasteiger charge is -2.12. The molecule has 5 nitrogen and oxygen atoms in total. The van der Waals surface area contributed by atoms with E-state index in [1.807, 2.05) is 13.0 Å². The van der Waals surface area contributed by atoms with Gasteiger partial charge >= 0.3 is 0 Å². The molecule has 0 aliphatic rings. The summed E-state index contributed by atoms with van der Waals surface area (Å²) in [5.74, 6) is 0. The van der Waals surface area contributed by atoms with Gasteiger partial charge in [0.25, 0.3) is 0 Å². The fourth-order valence-electron chi connectivity index (χ4n) is 1.74. The van der Waals surface area contributed by atoms with Crippen LogP contribution < -0.4 is 16.2 Å². The van der Waals surface area contributed by atoms with E-state index in [1.54, 1.807) is 18.2 Å². The molecule has 0 unspecified atom stereocenters. The minimum Gasteiger partial charge on any atom is -0.399 e. The minimum absolute atomic E-state index is 0.0420. The second-order valence-electron chi connectivity index (χ2n) is 4.42. The summed E-state index contributed by atoms with van der Waals surface area (Å²) >= 11 is 5.94. The molecule has 20 heavy (non-hydrogen) atoms. The molecule has 0 aliphatic heterocycles. The first kappa shape index (κ1) is 14.6. The molecule has 2 aromatic carbocycles. The maximum absolute atomic E-state index is 11.4. The highest BCUT2D eigenvalue weighted by Gasteiger charge is 2.10. The molecule has 0 saturated carbocycles. The van der Waals surface area contributed by atoms with Crippen LogP contribution in [0, 0.1) is 6.92 Å². The van der Waals surface area contributed by atoms with Gasteiger partial charge in [0, 0.05) is 22.1 Å². The Morgan fingerprint density at radius 2 is 1.85 bits per heavy atom. The first-order valence-corrected chi connectivity index (χ1v) is 7.65. The van der Waals surface area contributed by atoms with E-state index in [4.69, 9.17) is 22.5 Å². The summed E-state index contributed by atoms with van der Waals surface area (Å²) in [6, 6.07) is 9.73. The molecular weight excluding hydrogens is 298 g/mol. The number of hydrogen-bond donors (Lipinski definition) is 3. The Balaban J connectivity index is 2.44. The molecule has 2 aromatic rings. The molecule has 0 heterocycles. The van der Waals surface area contributed by atoms with E-state index in [2.05, 4.69) is 5.32 Å². The summed E-state index contributed by atoms with van der Waals surface area (Å²) in [5.41, 5.74) is 8.26. The van der Waals surface area contributed by atoms with E-state index in [9.17, 15) is 8.42 Å². The number of primary sulfonamides is 1. The fourth-order valence-corrected chi connectivity index (χ4v) is 2.51. The molecule has 0 aliphatic carbocycles. The third kappa shape index (κ3) is 3.41. The summed E-state index contributed by atoms with van der Waals surface area (Å²) in [7, 11) is -3.80. The Morgan fingerprint density at radius 1 is 1.15 bits per heavy atom. The van der Waals surface area contributed by atoms with Crippen molar-refractivity contribution in [2.45, 2.75) is 11.8 Å². The second-order valence-corrected chi connectivity index (χ2v) is 6.42. The molecule has 5 N–H and O–H groups in total. The average Bonchev–Trinajstić information content (AvgIpc) is 2.32. The van der Waals surface area contributed by atoms with Crippen LogP contribution in [0.15, 0.2) is 41.3 Å². The van der Waals surface area contributed by atoms with Crippen molar-refractivity contribution in [2.75, 3.05) is 11.1 Å². The Kier molecular flexibility index (Phi) is 3.89. The van der Waals surface area contributed by atoms with Crippen molar-refractivity contribution in [1.82, 2.24) is 0 Å². The Hall–Kier alpha value is -1.76. The SMILES string of the molecule is Cc1ccc(Cl)cc1Nc1cc(N)cc(S(N)(=O)=O)c1. The zero-order chi connectivity index (χ0) is 14.9. The number of nitrogens with one attached hydrogen (secondary N) is 1.